The number of methoxy groups -OCH3 is 1. The lowest BCUT2D eigenvalue weighted by Gasteiger charge is -2.31. The molecule has 1 amide bonds. The van der Waals surface area contributed by atoms with E-state index in [1.165, 1.54) is 6.42 Å². The van der Waals surface area contributed by atoms with Crippen LogP contribution in [0.2, 0.25) is 0 Å². The highest BCUT2D eigenvalue weighted by Crippen LogP contribution is 2.31. The molecule has 34 heavy (non-hydrogen) atoms. The Morgan fingerprint density at radius 1 is 0.971 bits per heavy atom. The smallest absolute Gasteiger partial charge is 0.225 e. The van der Waals surface area contributed by atoms with Crippen molar-refractivity contribution in [3.8, 4) is 17.1 Å². The second kappa shape index (κ2) is 8.59. The lowest BCUT2D eigenvalue weighted by atomic mass is 9.84. The van der Waals surface area contributed by atoms with Crippen LogP contribution >= 0.6 is 0 Å². The SMILES string of the molecule is COc1cccc(-c2nnc3c4ccccc4nc(N4CCCN(C(=O)C5CCC5)CC4)n23)c1. The summed E-state index contributed by atoms with van der Waals surface area (Å²) >= 11 is 0. The van der Waals surface area contributed by atoms with Crippen LogP contribution in [0.15, 0.2) is 48.5 Å². The summed E-state index contributed by atoms with van der Waals surface area (Å²) in [5.74, 6) is 2.87. The number of fused-ring (bicyclic) bond motifs is 3. The molecule has 3 heterocycles. The maximum absolute atomic E-state index is 12.9. The Hall–Kier alpha value is -3.68. The highest BCUT2D eigenvalue weighted by molar-refractivity contribution is 5.93. The van der Waals surface area contributed by atoms with Crippen molar-refractivity contribution in [1.82, 2.24) is 24.5 Å². The number of carbonyl (C=O) groups is 1. The molecule has 1 aliphatic heterocycles. The maximum Gasteiger partial charge on any atom is 0.225 e. The van der Waals surface area contributed by atoms with Crippen LogP contribution in [0.1, 0.15) is 25.7 Å². The topological polar surface area (TPSA) is 75.9 Å². The molecule has 0 atom stereocenters. The van der Waals surface area contributed by atoms with E-state index in [-0.39, 0.29) is 5.92 Å². The van der Waals surface area contributed by atoms with E-state index in [9.17, 15) is 4.79 Å². The molecule has 2 fully saturated rings. The van der Waals surface area contributed by atoms with Gasteiger partial charge in [0.05, 0.1) is 12.6 Å². The van der Waals surface area contributed by atoms with Crippen LogP contribution < -0.4 is 9.64 Å². The third-order valence-electron chi connectivity index (χ3n) is 7.10. The van der Waals surface area contributed by atoms with Crippen molar-refractivity contribution in [1.29, 1.82) is 0 Å². The van der Waals surface area contributed by atoms with E-state index >= 15 is 0 Å². The highest BCUT2D eigenvalue weighted by Gasteiger charge is 2.31. The predicted molar refractivity (Wildman–Crippen MR) is 131 cm³/mol. The van der Waals surface area contributed by atoms with Crippen LogP contribution in [0, 0.1) is 5.92 Å². The van der Waals surface area contributed by atoms with Crippen molar-refractivity contribution >= 4 is 28.4 Å². The standard InChI is InChI=1S/C26H28N6O2/c1-34-20-10-5-9-19(17-20)23-28-29-24-21-11-2-3-12-22(21)27-26(32(23)24)31-14-6-13-30(15-16-31)25(33)18-7-4-8-18/h2-3,5,9-12,17-18H,4,6-8,13-16H2,1H3. The van der Waals surface area contributed by atoms with Crippen LogP contribution in [0.4, 0.5) is 5.95 Å². The van der Waals surface area contributed by atoms with Gasteiger partial charge in [-0.3, -0.25) is 4.79 Å². The van der Waals surface area contributed by atoms with Gasteiger partial charge in [-0.2, -0.15) is 0 Å². The lowest BCUT2D eigenvalue weighted by molar-refractivity contribution is -0.137. The normalized spacial score (nSPS) is 17.1. The maximum atomic E-state index is 12.9. The molecule has 4 aromatic rings. The zero-order valence-corrected chi connectivity index (χ0v) is 19.4. The molecule has 0 radical (unpaired) electrons. The van der Waals surface area contributed by atoms with Crippen molar-refractivity contribution in [2.45, 2.75) is 25.7 Å². The average Bonchev–Trinajstić information content (AvgIpc) is 3.14. The number of rotatable bonds is 4. The quantitative estimate of drug-likeness (QED) is 0.465. The van der Waals surface area contributed by atoms with Gasteiger partial charge >= 0.3 is 0 Å². The summed E-state index contributed by atoms with van der Waals surface area (Å²) in [6.45, 7) is 3.06. The molecular weight excluding hydrogens is 428 g/mol. The number of hydrogen-bond donors (Lipinski definition) is 0. The second-order valence-electron chi connectivity index (χ2n) is 9.14. The Kier molecular flexibility index (Phi) is 5.28. The number of hydrogen-bond acceptors (Lipinski definition) is 6. The highest BCUT2D eigenvalue weighted by atomic mass is 16.5. The first kappa shape index (κ1) is 20.9. The molecule has 2 aliphatic rings. The number of aromatic nitrogens is 4. The van der Waals surface area contributed by atoms with Gasteiger partial charge in [-0.05, 0) is 43.5 Å². The zero-order valence-electron chi connectivity index (χ0n) is 19.4. The lowest BCUT2D eigenvalue weighted by Crippen LogP contribution is -2.41. The van der Waals surface area contributed by atoms with Crippen LogP contribution in [-0.4, -0.2) is 63.7 Å². The molecule has 2 aromatic heterocycles. The van der Waals surface area contributed by atoms with Gasteiger partial charge in [0.2, 0.25) is 11.9 Å². The van der Waals surface area contributed by atoms with Crippen molar-refractivity contribution < 1.29 is 9.53 Å². The molecule has 1 saturated carbocycles. The summed E-state index contributed by atoms with van der Waals surface area (Å²) in [6.07, 6.45) is 4.16. The van der Waals surface area contributed by atoms with E-state index in [4.69, 9.17) is 9.72 Å². The summed E-state index contributed by atoms with van der Waals surface area (Å²) in [5.41, 5.74) is 2.59. The van der Waals surface area contributed by atoms with Gasteiger partial charge in [0.15, 0.2) is 11.5 Å². The molecule has 8 nitrogen and oxygen atoms in total. The molecule has 0 spiro atoms. The van der Waals surface area contributed by atoms with Crippen molar-refractivity contribution in [3.05, 3.63) is 48.5 Å². The van der Waals surface area contributed by atoms with E-state index in [1.54, 1.807) is 7.11 Å². The van der Waals surface area contributed by atoms with Gasteiger partial charge in [-0.25, -0.2) is 9.38 Å². The molecule has 6 rings (SSSR count). The number of carbonyl (C=O) groups excluding carboxylic acids is 1. The van der Waals surface area contributed by atoms with Gasteiger partial charge in [0.1, 0.15) is 5.75 Å². The zero-order chi connectivity index (χ0) is 23.1. The fourth-order valence-electron chi connectivity index (χ4n) is 4.98. The van der Waals surface area contributed by atoms with Crippen LogP contribution in [0.3, 0.4) is 0 Å². The first-order valence-electron chi connectivity index (χ1n) is 12.0. The molecule has 8 heteroatoms. The minimum absolute atomic E-state index is 0.231. The molecule has 174 valence electrons. The van der Waals surface area contributed by atoms with E-state index in [0.717, 1.165) is 78.5 Å². The largest absolute Gasteiger partial charge is 0.497 e. The van der Waals surface area contributed by atoms with Gasteiger partial charge in [-0.1, -0.05) is 30.7 Å². The Balaban J connectivity index is 1.44. The van der Waals surface area contributed by atoms with E-state index in [0.29, 0.717) is 12.5 Å². The number of anilines is 1. The number of benzene rings is 2. The van der Waals surface area contributed by atoms with E-state index < -0.39 is 0 Å². The third-order valence-corrected chi connectivity index (χ3v) is 7.10. The van der Waals surface area contributed by atoms with Gasteiger partial charge in [-0.15, -0.1) is 10.2 Å². The van der Waals surface area contributed by atoms with Crippen molar-refractivity contribution in [2.75, 3.05) is 38.2 Å². The second-order valence-corrected chi connectivity index (χ2v) is 9.14. The van der Waals surface area contributed by atoms with Crippen LogP contribution in [-0.2, 0) is 4.79 Å². The predicted octanol–water partition coefficient (Wildman–Crippen LogP) is 3.79. The van der Waals surface area contributed by atoms with Gasteiger partial charge < -0.3 is 14.5 Å². The monoisotopic (exact) mass is 456 g/mol. The van der Waals surface area contributed by atoms with Crippen molar-refractivity contribution in [2.24, 2.45) is 5.92 Å². The van der Waals surface area contributed by atoms with Gasteiger partial charge in [0, 0.05) is 43.0 Å². The fraction of sp³-hybridized carbons (Fsp3) is 0.385. The summed E-state index contributed by atoms with van der Waals surface area (Å²) in [5, 5.41) is 10.1. The van der Waals surface area contributed by atoms with E-state index in [1.807, 2.05) is 48.5 Å². The van der Waals surface area contributed by atoms with Crippen molar-refractivity contribution in [3.63, 3.8) is 0 Å². The first-order chi connectivity index (χ1) is 16.7. The minimum atomic E-state index is 0.231. The number of ether oxygens (including phenoxy) is 1. The van der Waals surface area contributed by atoms with Gasteiger partial charge in [0.25, 0.3) is 0 Å². The van der Waals surface area contributed by atoms with Crippen LogP contribution in [0.5, 0.6) is 5.75 Å². The Morgan fingerprint density at radius 3 is 2.68 bits per heavy atom. The summed E-state index contributed by atoms with van der Waals surface area (Å²) < 4.78 is 7.50. The molecular formula is C26H28N6O2. The Morgan fingerprint density at radius 2 is 1.85 bits per heavy atom. The number of para-hydroxylation sites is 1. The molecule has 1 aliphatic carbocycles. The molecule has 2 aromatic carbocycles. The minimum Gasteiger partial charge on any atom is -0.497 e. The molecule has 0 unspecified atom stereocenters. The third kappa shape index (κ3) is 3.54. The molecule has 0 bridgehead atoms. The first-order valence-corrected chi connectivity index (χ1v) is 12.0. The Labute approximate surface area is 198 Å². The number of nitrogens with zero attached hydrogens (tertiary/aromatic N) is 6. The molecule has 0 N–H and O–H groups in total. The molecule has 1 saturated heterocycles. The summed E-state index contributed by atoms with van der Waals surface area (Å²) in [4.78, 5) is 22.3. The summed E-state index contributed by atoms with van der Waals surface area (Å²) in [7, 11) is 1.66. The summed E-state index contributed by atoms with van der Waals surface area (Å²) in [6, 6.07) is 15.9. The van der Waals surface area contributed by atoms with Crippen LogP contribution in [0.25, 0.3) is 27.9 Å². The van der Waals surface area contributed by atoms with E-state index in [2.05, 4.69) is 24.4 Å². The fourth-order valence-corrected chi connectivity index (χ4v) is 4.98. The number of amides is 1. The average molecular weight is 457 g/mol. The Bertz CT molecular complexity index is 1360.